The predicted octanol–water partition coefficient (Wildman–Crippen LogP) is 0.435. The molecule has 1 heterocycles. The largest absolute Gasteiger partial charge is 0.268 e. The lowest BCUT2D eigenvalue weighted by Crippen LogP contribution is -2.32. The van der Waals surface area contributed by atoms with E-state index in [4.69, 9.17) is 21.9 Å². The van der Waals surface area contributed by atoms with Crippen LogP contribution in [0, 0.1) is 0 Å². The molecule has 2 aromatic carbocycles. The summed E-state index contributed by atoms with van der Waals surface area (Å²) in [7, 11) is -8.91. The van der Waals surface area contributed by atoms with Crippen LogP contribution in [-0.2, 0) is 20.0 Å². The van der Waals surface area contributed by atoms with Crippen LogP contribution in [0.4, 0.5) is 5.69 Å². The summed E-state index contributed by atoms with van der Waals surface area (Å²) in [6, 6.07) is 7.32. The molecular formula is C14H10ClN3O6S2. The van der Waals surface area contributed by atoms with Gasteiger partial charge in [-0.2, -0.15) is 0 Å². The Hall–Kier alpha value is -2.31. The van der Waals surface area contributed by atoms with Crippen molar-refractivity contribution in [3.63, 3.8) is 0 Å². The van der Waals surface area contributed by atoms with Gasteiger partial charge < -0.3 is 0 Å². The molecule has 0 radical (unpaired) electrons. The molecule has 0 saturated heterocycles. The quantitative estimate of drug-likeness (QED) is 0.692. The fourth-order valence-electron chi connectivity index (χ4n) is 2.55. The fourth-order valence-corrected chi connectivity index (χ4v) is 4.44. The number of primary sulfonamides is 2. The topological polar surface area (TPSA) is 158 Å². The third-order valence-corrected chi connectivity index (χ3v) is 5.98. The Morgan fingerprint density at radius 2 is 1.27 bits per heavy atom. The number of nitrogens with two attached hydrogens (primary N) is 2. The van der Waals surface area contributed by atoms with Crippen LogP contribution in [0.2, 0.25) is 5.02 Å². The minimum absolute atomic E-state index is 0.0597. The van der Waals surface area contributed by atoms with Crippen LogP contribution in [0.25, 0.3) is 0 Å². The molecule has 0 atom stereocenters. The van der Waals surface area contributed by atoms with Gasteiger partial charge in [0.05, 0.1) is 21.8 Å². The maximum absolute atomic E-state index is 12.6. The van der Waals surface area contributed by atoms with Gasteiger partial charge in [-0.3, -0.25) is 9.59 Å². The molecule has 136 valence electrons. The first-order valence-corrected chi connectivity index (χ1v) is 10.3. The molecule has 26 heavy (non-hydrogen) atoms. The lowest BCUT2D eigenvalue weighted by atomic mass is 10.1. The van der Waals surface area contributed by atoms with Crippen molar-refractivity contribution in [3.05, 3.63) is 52.5 Å². The van der Waals surface area contributed by atoms with Crippen LogP contribution in [0.3, 0.4) is 0 Å². The average Bonchev–Trinajstić information content (AvgIpc) is 2.76. The molecule has 12 heteroatoms. The van der Waals surface area contributed by atoms with Gasteiger partial charge in [0, 0.05) is 0 Å². The number of imide groups is 1. The molecule has 9 nitrogen and oxygen atoms in total. The summed E-state index contributed by atoms with van der Waals surface area (Å²) in [5.41, 5.74) is -0.342. The minimum Gasteiger partial charge on any atom is -0.268 e. The molecule has 2 aromatic rings. The SMILES string of the molecule is NS(=O)(=O)c1cc(S(N)(=O)=O)c(N2C(=O)c3ccccc3C2=O)cc1Cl. The number of amides is 2. The zero-order valence-electron chi connectivity index (χ0n) is 12.7. The van der Waals surface area contributed by atoms with Gasteiger partial charge in [0.25, 0.3) is 11.8 Å². The highest BCUT2D eigenvalue weighted by Crippen LogP contribution is 2.37. The van der Waals surface area contributed by atoms with E-state index < -0.39 is 52.4 Å². The molecule has 0 saturated carbocycles. The van der Waals surface area contributed by atoms with Crippen LogP contribution in [0.15, 0.2) is 46.2 Å². The number of sulfonamides is 2. The summed E-state index contributed by atoms with van der Waals surface area (Å²) in [5, 5.41) is 9.66. The number of anilines is 1. The molecule has 0 spiro atoms. The van der Waals surface area contributed by atoms with E-state index in [1.54, 1.807) is 0 Å². The van der Waals surface area contributed by atoms with Gasteiger partial charge in [-0.05, 0) is 24.3 Å². The molecule has 0 aliphatic carbocycles. The fraction of sp³-hybridized carbons (Fsp3) is 0. The van der Waals surface area contributed by atoms with E-state index in [2.05, 4.69) is 0 Å². The Kier molecular flexibility index (Phi) is 4.16. The first-order chi connectivity index (χ1) is 11.9. The van der Waals surface area contributed by atoms with Gasteiger partial charge in [0.2, 0.25) is 20.0 Å². The molecule has 2 amide bonds. The molecule has 4 N–H and O–H groups in total. The third kappa shape index (κ3) is 2.89. The summed E-state index contributed by atoms with van der Waals surface area (Å²) < 4.78 is 47.0. The second-order valence-electron chi connectivity index (χ2n) is 5.33. The van der Waals surface area contributed by atoms with Crippen molar-refractivity contribution >= 4 is 49.1 Å². The van der Waals surface area contributed by atoms with E-state index in [9.17, 15) is 26.4 Å². The van der Waals surface area contributed by atoms with Gasteiger partial charge in [-0.1, -0.05) is 23.7 Å². The summed E-state index contributed by atoms with van der Waals surface area (Å²) >= 11 is 5.88. The number of benzene rings is 2. The number of hydrogen-bond donors (Lipinski definition) is 2. The zero-order valence-corrected chi connectivity index (χ0v) is 15.1. The number of nitrogens with zero attached hydrogens (tertiary/aromatic N) is 1. The molecular weight excluding hydrogens is 406 g/mol. The van der Waals surface area contributed by atoms with Crippen LogP contribution in [0.1, 0.15) is 20.7 Å². The highest BCUT2D eigenvalue weighted by atomic mass is 35.5. The standard InChI is InChI=1S/C14H10ClN3O6S2/c15-9-5-10(12(26(17,23)24)6-11(9)25(16,21)22)18-13(19)7-3-1-2-4-8(7)14(18)20/h1-6H,(H2,16,21,22)(H2,17,23,24). The monoisotopic (exact) mass is 415 g/mol. The van der Waals surface area contributed by atoms with E-state index in [0.717, 1.165) is 6.07 Å². The minimum atomic E-state index is -4.53. The smallest absolute Gasteiger partial charge is 0.266 e. The second kappa shape index (κ2) is 5.86. The first-order valence-electron chi connectivity index (χ1n) is 6.80. The van der Waals surface area contributed by atoms with Gasteiger partial charge in [-0.15, -0.1) is 0 Å². The molecule has 1 aliphatic heterocycles. The van der Waals surface area contributed by atoms with Crippen molar-refractivity contribution in [2.45, 2.75) is 9.79 Å². The van der Waals surface area contributed by atoms with E-state index in [-0.39, 0.29) is 11.1 Å². The van der Waals surface area contributed by atoms with Crippen LogP contribution in [0.5, 0.6) is 0 Å². The summed E-state index contributed by atoms with van der Waals surface area (Å²) in [6.07, 6.45) is 0. The van der Waals surface area contributed by atoms with E-state index >= 15 is 0 Å². The Balaban J connectivity index is 2.32. The molecule has 0 bridgehead atoms. The Bertz CT molecular complexity index is 1160. The van der Waals surface area contributed by atoms with Gasteiger partial charge in [-0.25, -0.2) is 32.0 Å². The normalized spacial score (nSPS) is 14.7. The highest BCUT2D eigenvalue weighted by molar-refractivity contribution is 7.90. The van der Waals surface area contributed by atoms with Crippen LogP contribution in [-0.4, -0.2) is 28.6 Å². The van der Waals surface area contributed by atoms with Crippen LogP contribution >= 0.6 is 11.6 Å². The molecule has 3 rings (SSSR count). The van der Waals surface area contributed by atoms with Crippen molar-refractivity contribution in [2.75, 3.05) is 4.90 Å². The first kappa shape index (κ1) is 18.5. The summed E-state index contributed by atoms with van der Waals surface area (Å²) in [6.45, 7) is 0. The predicted molar refractivity (Wildman–Crippen MR) is 91.8 cm³/mol. The maximum atomic E-state index is 12.6. The van der Waals surface area contributed by atoms with E-state index in [0.29, 0.717) is 11.0 Å². The van der Waals surface area contributed by atoms with Crippen LogP contribution < -0.4 is 15.2 Å². The van der Waals surface area contributed by atoms with Crippen molar-refractivity contribution < 1.29 is 26.4 Å². The lowest BCUT2D eigenvalue weighted by molar-refractivity contribution is 0.0925. The third-order valence-electron chi connectivity index (χ3n) is 3.66. The van der Waals surface area contributed by atoms with Crippen molar-refractivity contribution in [1.82, 2.24) is 0 Å². The van der Waals surface area contributed by atoms with Crippen molar-refractivity contribution in [2.24, 2.45) is 10.3 Å². The Labute approximate surface area is 153 Å². The number of halogens is 1. The summed E-state index contributed by atoms with van der Waals surface area (Å²) in [5.74, 6) is -1.59. The summed E-state index contributed by atoms with van der Waals surface area (Å²) in [4.78, 5) is 24.2. The number of hydrogen-bond acceptors (Lipinski definition) is 6. The van der Waals surface area contributed by atoms with Gasteiger partial charge in [0.1, 0.15) is 9.79 Å². The van der Waals surface area contributed by atoms with Crippen molar-refractivity contribution in [1.29, 1.82) is 0 Å². The zero-order chi connectivity index (χ0) is 19.4. The Morgan fingerprint density at radius 3 is 1.69 bits per heavy atom. The maximum Gasteiger partial charge on any atom is 0.266 e. The molecule has 0 unspecified atom stereocenters. The number of carbonyl (C=O) groups is 2. The van der Waals surface area contributed by atoms with Gasteiger partial charge >= 0.3 is 0 Å². The molecule has 0 aromatic heterocycles. The number of fused-ring (bicyclic) bond motifs is 1. The van der Waals surface area contributed by atoms with Gasteiger partial charge in [0.15, 0.2) is 0 Å². The molecule has 1 aliphatic rings. The highest BCUT2D eigenvalue weighted by Gasteiger charge is 2.39. The average molecular weight is 416 g/mol. The number of rotatable bonds is 3. The number of carbonyl (C=O) groups excluding carboxylic acids is 2. The second-order valence-corrected chi connectivity index (χ2v) is 8.80. The van der Waals surface area contributed by atoms with Crippen molar-refractivity contribution in [3.8, 4) is 0 Å². The lowest BCUT2D eigenvalue weighted by Gasteiger charge is -2.18. The Morgan fingerprint density at radius 1 is 0.808 bits per heavy atom. The molecule has 0 fully saturated rings. The van der Waals surface area contributed by atoms with E-state index in [1.807, 2.05) is 0 Å². The van der Waals surface area contributed by atoms with E-state index in [1.165, 1.54) is 24.3 Å².